The number of hydrogen-bond acceptors (Lipinski definition) is 3. The SMILES string of the molecule is CC(=O)OC(C(C)C)C(C)(C)C(=O)Cc1ccccc1. The Kier molecular flexibility index (Phi) is 5.49. The molecule has 1 rings (SSSR count). The minimum atomic E-state index is -0.699. The van der Waals surface area contributed by atoms with Gasteiger partial charge in [0.15, 0.2) is 0 Å². The summed E-state index contributed by atoms with van der Waals surface area (Å²) >= 11 is 0. The van der Waals surface area contributed by atoms with Crippen molar-refractivity contribution in [1.29, 1.82) is 0 Å². The molecule has 0 bridgehead atoms. The normalized spacial score (nSPS) is 13.1. The molecular formula is C17H24O3. The second-order valence-corrected chi connectivity index (χ2v) is 6.08. The van der Waals surface area contributed by atoms with Gasteiger partial charge in [-0.25, -0.2) is 0 Å². The van der Waals surface area contributed by atoms with Crippen molar-refractivity contribution < 1.29 is 14.3 Å². The number of rotatable bonds is 6. The first-order chi connectivity index (χ1) is 9.25. The van der Waals surface area contributed by atoms with Crippen LogP contribution in [-0.4, -0.2) is 17.9 Å². The molecule has 3 nitrogen and oxygen atoms in total. The van der Waals surface area contributed by atoms with Gasteiger partial charge in [0, 0.05) is 13.3 Å². The van der Waals surface area contributed by atoms with Gasteiger partial charge in [-0.15, -0.1) is 0 Å². The minimum absolute atomic E-state index is 0.0867. The highest BCUT2D eigenvalue weighted by Crippen LogP contribution is 2.31. The lowest BCUT2D eigenvalue weighted by Crippen LogP contribution is -2.44. The number of hydrogen-bond donors (Lipinski definition) is 0. The third-order valence-corrected chi connectivity index (χ3v) is 3.54. The average molecular weight is 276 g/mol. The maximum Gasteiger partial charge on any atom is 0.302 e. The first-order valence-electron chi connectivity index (χ1n) is 6.99. The molecule has 1 aromatic rings. The molecule has 0 aliphatic heterocycles. The number of carbonyl (C=O) groups excluding carboxylic acids is 2. The molecule has 0 fully saturated rings. The van der Waals surface area contributed by atoms with Crippen LogP contribution in [0.1, 0.15) is 40.2 Å². The van der Waals surface area contributed by atoms with Crippen molar-refractivity contribution >= 4 is 11.8 Å². The lowest BCUT2D eigenvalue weighted by molar-refractivity contribution is -0.160. The lowest BCUT2D eigenvalue weighted by atomic mass is 9.75. The van der Waals surface area contributed by atoms with E-state index in [0.29, 0.717) is 6.42 Å². The number of carbonyl (C=O) groups is 2. The van der Waals surface area contributed by atoms with Crippen molar-refractivity contribution in [2.24, 2.45) is 11.3 Å². The third-order valence-electron chi connectivity index (χ3n) is 3.54. The van der Waals surface area contributed by atoms with Gasteiger partial charge in [-0.3, -0.25) is 9.59 Å². The molecule has 0 N–H and O–H groups in total. The van der Waals surface area contributed by atoms with Crippen LogP contribution in [0.5, 0.6) is 0 Å². The smallest absolute Gasteiger partial charge is 0.302 e. The Morgan fingerprint density at radius 3 is 2.15 bits per heavy atom. The summed E-state index contributed by atoms with van der Waals surface area (Å²) in [4.78, 5) is 23.8. The molecule has 1 aromatic carbocycles. The molecule has 3 heteroatoms. The Labute approximate surface area is 121 Å². The summed E-state index contributed by atoms with van der Waals surface area (Å²) in [5.74, 6) is -0.165. The average Bonchev–Trinajstić information content (AvgIpc) is 2.36. The van der Waals surface area contributed by atoms with Crippen LogP contribution in [0.25, 0.3) is 0 Å². The topological polar surface area (TPSA) is 43.4 Å². The highest BCUT2D eigenvalue weighted by Gasteiger charge is 2.40. The molecular weight excluding hydrogens is 252 g/mol. The van der Waals surface area contributed by atoms with E-state index in [9.17, 15) is 9.59 Å². The molecule has 0 amide bonds. The Hall–Kier alpha value is -1.64. The number of Topliss-reactive ketones (excluding diaryl/α,β-unsaturated/α-hetero) is 1. The fraction of sp³-hybridized carbons (Fsp3) is 0.529. The van der Waals surface area contributed by atoms with Crippen LogP contribution in [0, 0.1) is 11.3 Å². The zero-order chi connectivity index (χ0) is 15.3. The van der Waals surface area contributed by atoms with Crippen LogP contribution in [0.15, 0.2) is 30.3 Å². The summed E-state index contributed by atoms with van der Waals surface area (Å²) < 4.78 is 5.38. The van der Waals surface area contributed by atoms with Crippen LogP contribution in [0.2, 0.25) is 0 Å². The Bertz CT molecular complexity index is 460. The van der Waals surface area contributed by atoms with Gasteiger partial charge in [-0.1, -0.05) is 44.2 Å². The largest absolute Gasteiger partial charge is 0.461 e. The van der Waals surface area contributed by atoms with E-state index in [4.69, 9.17) is 4.74 Å². The summed E-state index contributed by atoms with van der Waals surface area (Å²) in [5.41, 5.74) is 0.284. The van der Waals surface area contributed by atoms with Crippen LogP contribution in [0.4, 0.5) is 0 Å². The maximum atomic E-state index is 12.6. The molecule has 1 unspecified atom stereocenters. The van der Waals surface area contributed by atoms with E-state index in [1.165, 1.54) is 6.92 Å². The summed E-state index contributed by atoms with van der Waals surface area (Å²) in [6, 6.07) is 9.63. The molecule has 1 atom stereocenters. The highest BCUT2D eigenvalue weighted by atomic mass is 16.5. The van der Waals surface area contributed by atoms with Crippen LogP contribution in [0.3, 0.4) is 0 Å². The Morgan fingerprint density at radius 1 is 1.15 bits per heavy atom. The molecule has 0 saturated heterocycles. The van der Waals surface area contributed by atoms with Crippen molar-refractivity contribution in [3.8, 4) is 0 Å². The third kappa shape index (κ3) is 4.19. The standard InChI is InChI=1S/C17H24O3/c1-12(2)16(20-13(3)18)17(4,5)15(19)11-14-9-7-6-8-10-14/h6-10,12,16H,11H2,1-5H3. The number of ether oxygens (including phenoxy) is 1. The summed E-state index contributed by atoms with van der Waals surface area (Å²) in [5, 5.41) is 0. The fourth-order valence-corrected chi connectivity index (χ4v) is 2.46. The van der Waals surface area contributed by atoms with Crippen molar-refractivity contribution in [2.45, 2.75) is 47.1 Å². The maximum absolute atomic E-state index is 12.6. The first-order valence-corrected chi connectivity index (χ1v) is 6.99. The van der Waals surface area contributed by atoms with Crippen molar-refractivity contribution in [2.75, 3.05) is 0 Å². The van der Waals surface area contributed by atoms with Gasteiger partial charge in [-0.2, -0.15) is 0 Å². The number of esters is 1. The van der Waals surface area contributed by atoms with E-state index in [2.05, 4.69) is 0 Å². The second-order valence-electron chi connectivity index (χ2n) is 6.08. The van der Waals surface area contributed by atoms with Gasteiger partial charge in [0.1, 0.15) is 11.9 Å². The van der Waals surface area contributed by atoms with Gasteiger partial charge >= 0.3 is 5.97 Å². The van der Waals surface area contributed by atoms with E-state index in [1.54, 1.807) is 0 Å². The van der Waals surface area contributed by atoms with E-state index in [0.717, 1.165) is 5.56 Å². The number of ketones is 1. The molecule has 110 valence electrons. The highest BCUT2D eigenvalue weighted by molar-refractivity contribution is 5.87. The number of benzene rings is 1. The zero-order valence-electron chi connectivity index (χ0n) is 13.0. The molecule has 0 aromatic heterocycles. The lowest BCUT2D eigenvalue weighted by Gasteiger charge is -2.35. The quantitative estimate of drug-likeness (QED) is 0.748. The van der Waals surface area contributed by atoms with Gasteiger partial charge in [0.05, 0.1) is 5.41 Å². The van der Waals surface area contributed by atoms with E-state index in [1.807, 2.05) is 58.0 Å². The minimum Gasteiger partial charge on any atom is -0.461 e. The van der Waals surface area contributed by atoms with Crippen molar-refractivity contribution in [3.63, 3.8) is 0 Å². The second kappa shape index (κ2) is 6.69. The summed E-state index contributed by atoms with van der Waals surface area (Å²) in [7, 11) is 0. The Balaban J connectivity index is 2.89. The van der Waals surface area contributed by atoms with E-state index < -0.39 is 11.5 Å². The molecule has 0 saturated carbocycles. The monoisotopic (exact) mass is 276 g/mol. The van der Waals surface area contributed by atoms with Crippen LogP contribution in [-0.2, 0) is 20.7 Å². The van der Waals surface area contributed by atoms with Crippen molar-refractivity contribution in [3.05, 3.63) is 35.9 Å². The predicted molar refractivity (Wildman–Crippen MR) is 79.3 cm³/mol. The first kappa shape index (κ1) is 16.4. The zero-order valence-corrected chi connectivity index (χ0v) is 13.0. The van der Waals surface area contributed by atoms with Gasteiger partial charge in [-0.05, 0) is 25.3 Å². The predicted octanol–water partition coefficient (Wildman–Crippen LogP) is 3.41. The summed E-state index contributed by atoms with van der Waals surface area (Å²) in [6.45, 7) is 9.02. The van der Waals surface area contributed by atoms with E-state index >= 15 is 0 Å². The van der Waals surface area contributed by atoms with Gasteiger partial charge < -0.3 is 4.74 Å². The molecule has 20 heavy (non-hydrogen) atoms. The van der Waals surface area contributed by atoms with E-state index in [-0.39, 0.29) is 17.7 Å². The van der Waals surface area contributed by atoms with Gasteiger partial charge in [0.2, 0.25) is 0 Å². The molecule has 0 heterocycles. The summed E-state index contributed by atoms with van der Waals surface area (Å²) in [6.07, 6.45) is -0.0468. The van der Waals surface area contributed by atoms with Crippen LogP contribution < -0.4 is 0 Å². The molecule has 0 radical (unpaired) electrons. The Morgan fingerprint density at radius 2 is 1.70 bits per heavy atom. The molecule has 0 aliphatic rings. The van der Waals surface area contributed by atoms with Crippen LogP contribution >= 0.6 is 0 Å². The van der Waals surface area contributed by atoms with Crippen molar-refractivity contribution in [1.82, 2.24) is 0 Å². The van der Waals surface area contributed by atoms with Gasteiger partial charge in [0.25, 0.3) is 0 Å². The molecule has 0 aliphatic carbocycles. The molecule has 0 spiro atoms. The fourth-order valence-electron chi connectivity index (χ4n) is 2.46.